The van der Waals surface area contributed by atoms with Gasteiger partial charge in [-0.15, -0.1) is 0 Å². The van der Waals surface area contributed by atoms with E-state index < -0.39 is 5.41 Å². The summed E-state index contributed by atoms with van der Waals surface area (Å²) in [5.41, 5.74) is -0.923. The summed E-state index contributed by atoms with van der Waals surface area (Å²) in [6, 6.07) is 2.05. The number of piperidine rings is 1. The van der Waals surface area contributed by atoms with Gasteiger partial charge in [0, 0.05) is 19.7 Å². The smallest absolute Gasteiger partial charge is 0.242 e. The first kappa shape index (κ1) is 13.0. The van der Waals surface area contributed by atoms with Crippen LogP contribution in [0.1, 0.15) is 33.6 Å². The molecule has 1 aliphatic heterocycles. The molecule has 0 aromatic carbocycles. The third-order valence-corrected chi connectivity index (χ3v) is 2.88. The van der Waals surface area contributed by atoms with Crippen LogP contribution in [0.25, 0.3) is 0 Å². The summed E-state index contributed by atoms with van der Waals surface area (Å²) in [5.74, 6) is -0.0839. The van der Waals surface area contributed by atoms with Gasteiger partial charge in [-0.3, -0.25) is 4.79 Å². The summed E-state index contributed by atoms with van der Waals surface area (Å²) in [5, 5.41) is 8.94. The Morgan fingerprint density at radius 3 is 2.88 bits per heavy atom. The van der Waals surface area contributed by atoms with Crippen molar-refractivity contribution in [2.45, 2.75) is 39.7 Å². The molecule has 0 aromatic rings. The molecule has 1 aliphatic rings. The molecule has 4 nitrogen and oxygen atoms in total. The van der Waals surface area contributed by atoms with E-state index in [2.05, 4.69) is 6.07 Å². The molecule has 16 heavy (non-hydrogen) atoms. The van der Waals surface area contributed by atoms with Gasteiger partial charge in [-0.2, -0.15) is 5.26 Å². The van der Waals surface area contributed by atoms with Crippen LogP contribution < -0.4 is 0 Å². The largest absolute Gasteiger partial charge is 0.377 e. The lowest BCUT2D eigenvalue weighted by molar-refractivity contribution is -0.141. The second-order valence-electron chi connectivity index (χ2n) is 4.71. The normalized spacial score (nSPS) is 21.6. The molecular weight excluding hydrogens is 204 g/mol. The molecule has 0 bridgehead atoms. The predicted octanol–water partition coefficient (Wildman–Crippen LogP) is 1.56. The van der Waals surface area contributed by atoms with Crippen LogP contribution in [0.3, 0.4) is 0 Å². The molecule has 90 valence electrons. The number of ether oxygens (including phenoxy) is 1. The van der Waals surface area contributed by atoms with Crippen LogP contribution >= 0.6 is 0 Å². The molecule has 4 heteroatoms. The van der Waals surface area contributed by atoms with Crippen molar-refractivity contribution in [1.29, 1.82) is 5.26 Å². The van der Waals surface area contributed by atoms with Crippen LogP contribution in [-0.4, -0.2) is 36.6 Å². The highest BCUT2D eigenvalue weighted by Crippen LogP contribution is 2.21. The summed E-state index contributed by atoms with van der Waals surface area (Å²) >= 11 is 0. The van der Waals surface area contributed by atoms with Gasteiger partial charge in [0.1, 0.15) is 5.41 Å². The van der Waals surface area contributed by atoms with E-state index in [-0.39, 0.29) is 12.0 Å². The summed E-state index contributed by atoms with van der Waals surface area (Å²) in [6.07, 6.45) is 2.10. The third kappa shape index (κ3) is 2.96. The zero-order valence-corrected chi connectivity index (χ0v) is 10.3. The Morgan fingerprint density at radius 2 is 2.31 bits per heavy atom. The third-order valence-electron chi connectivity index (χ3n) is 2.88. The number of carbonyl (C=O) groups is 1. The van der Waals surface area contributed by atoms with Crippen molar-refractivity contribution in [2.24, 2.45) is 5.41 Å². The van der Waals surface area contributed by atoms with E-state index in [1.165, 1.54) is 0 Å². The van der Waals surface area contributed by atoms with E-state index >= 15 is 0 Å². The number of carbonyl (C=O) groups excluding carboxylic acids is 1. The maximum atomic E-state index is 12.0. The quantitative estimate of drug-likeness (QED) is 0.731. The second-order valence-corrected chi connectivity index (χ2v) is 4.71. The molecule has 0 radical (unpaired) electrons. The molecule has 1 rings (SSSR count). The zero-order chi connectivity index (χ0) is 12.2. The van der Waals surface area contributed by atoms with E-state index in [0.29, 0.717) is 13.2 Å². The van der Waals surface area contributed by atoms with Gasteiger partial charge in [-0.25, -0.2) is 0 Å². The lowest BCUT2D eigenvalue weighted by Crippen LogP contribution is -2.47. The molecule has 1 fully saturated rings. The molecule has 1 atom stereocenters. The molecule has 0 aromatic heterocycles. The molecule has 1 heterocycles. The highest BCUT2D eigenvalue weighted by atomic mass is 16.5. The Kier molecular flexibility index (Phi) is 4.31. The standard InChI is InChI=1S/C12H20N2O2/c1-4-16-10-6-5-7-14(8-10)11(15)12(2,3)9-13/h10H,4-8H2,1-3H3. The van der Waals surface area contributed by atoms with Gasteiger partial charge in [-0.1, -0.05) is 0 Å². The first-order valence-electron chi connectivity index (χ1n) is 5.83. The molecule has 0 N–H and O–H groups in total. The highest BCUT2D eigenvalue weighted by Gasteiger charge is 2.34. The van der Waals surface area contributed by atoms with Crippen molar-refractivity contribution in [2.75, 3.05) is 19.7 Å². The van der Waals surface area contributed by atoms with E-state index in [1.54, 1.807) is 18.7 Å². The monoisotopic (exact) mass is 224 g/mol. The number of nitrogens with zero attached hydrogens (tertiary/aromatic N) is 2. The van der Waals surface area contributed by atoms with Crippen LogP contribution in [0, 0.1) is 16.7 Å². The predicted molar refractivity (Wildman–Crippen MR) is 60.6 cm³/mol. The van der Waals surface area contributed by atoms with Crippen LogP contribution in [0.2, 0.25) is 0 Å². The minimum Gasteiger partial charge on any atom is -0.377 e. The van der Waals surface area contributed by atoms with Crippen LogP contribution in [0.5, 0.6) is 0 Å². The fraction of sp³-hybridized carbons (Fsp3) is 0.833. The fourth-order valence-corrected chi connectivity index (χ4v) is 1.94. The van der Waals surface area contributed by atoms with Crippen molar-refractivity contribution < 1.29 is 9.53 Å². The fourth-order valence-electron chi connectivity index (χ4n) is 1.94. The van der Waals surface area contributed by atoms with Gasteiger partial charge in [0.25, 0.3) is 0 Å². The van der Waals surface area contributed by atoms with E-state index in [1.807, 2.05) is 6.92 Å². The number of rotatable bonds is 3. The topological polar surface area (TPSA) is 53.3 Å². The highest BCUT2D eigenvalue weighted by molar-refractivity contribution is 5.84. The Hall–Kier alpha value is -1.08. The summed E-state index contributed by atoms with van der Waals surface area (Å²) < 4.78 is 5.53. The summed E-state index contributed by atoms with van der Waals surface area (Å²) in [7, 11) is 0. The maximum absolute atomic E-state index is 12.0. The molecule has 1 unspecified atom stereocenters. The van der Waals surface area contributed by atoms with Crippen molar-refractivity contribution in [3.8, 4) is 6.07 Å². The summed E-state index contributed by atoms with van der Waals surface area (Å²) in [4.78, 5) is 13.8. The molecule has 0 saturated carbocycles. The molecule has 0 spiro atoms. The van der Waals surface area contributed by atoms with Crippen molar-refractivity contribution in [3.05, 3.63) is 0 Å². The maximum Gasteiger partial charge on any atom is 0.242 e. The molecular formula is C12H20N2O2. The number of hydrogen-bond acceptors (Lipinski definition) is 3. The minimum absolute atomic E-state index is 0.0839. The number of hydrogen-bond donors (Lipinski definition) is 0. The number of likely N-dealkylation sites (tertiary alicyclic amines) is 1. The average Bonchev–Trinajstić information content (AvgIpc) is 2.29. The van der Waals surface area contributed by atoms with Gasteiger partial charge in [0.05, 0.1) is 12.2 Å². The van der Waals surface area contributed by atoms with Crippen LogP contribution in [-0.2, 0) is 9.53 Å². The molecule has 1 saturated heterocycles. The second kappa shape index (κ2) is 5.31. The minimum atomic E-state index is -0.923. The molecule has 0 aliphatic carbocycles. The Morgan fingerprint density at radius 1 is 1.62 bits per heavy atom. The lowest BCUT2D eigenvalue weighted by atomic mass is 9.92. The van der Waals surface area contributed by atoms with E-state index in [4.69, 9.17) is 10.00 Å². The Balaban J connectivity index is 2.61. The van der Waals surface area contributed by atoms with Crippen LogP contribution in [0.15, 0.2) is 0 Å². The van der Waals surface area contributed by atoms with Crippen molar-refractivity contribution in [1.82, 2.24) is 4.90 Å². The van der Waals surface area contributed by atoms with Gasteiger partial charge >= 0.3 is 0 Å². The van der Waals surface area contributed by atoms with E-state index in [0.717, 1.165) is 19.4 Å². The van der Waals surface area contributed by atoms with Gasteiger partial charge < -0.3 is 9.64 Å². The van der Waals surface area contributed by atoms with Crippen molar-refractivity contribution >= 4 is 5.91 Å². The van der Waals surface area contributed by atoms with Gasteiger partial charge in [-0.05, 0) is 33.6 Å². The first-order valence-corrected chi connectivity index (χ1v) is 5.83. The van der Waals surface area contributed by atoms with Gasteiger partial charge in [0.15, 0.2) is 0 Å². The summed E-state index contributed by atoms with van der Waals surface area (Å²) in [6.45, 7) is 7.33. The van der Waals surface area contributed by atoms with Crippen LogP contribution in [0.4, 0.5) is 0 Å². The zero-order valence-electron chi connectivity index (χ0n) is 10.3. The van der Waals surface area contributed by atoms with Crippen molar-refractivity contribution in [3.63, 3.8) is 0 Å². The number of amides is 1. The Labute approximate surface area is 97.2 Å². The number of nitriles is 1. The SMILES string of the molecule is CCOC1CCCN(C(=O)C(C)(C)C#N)C1. The van der Waals surface area contributed by atoms with E-state index in [9.17, 15) is 4.79 Å². The molecule has 1 amide bonds. The first-order chi connectivity index (χ1) is 7.51. The average molecular weight is 224 g/mol. The van der Waals surface area contributed by atoms with Gasteiger partial charge in [0.2, 0.25) is 5.91 Å². The lowest BCUT2D eigenvalue weighted by Gasteiger charge is -2.35. The Bertz CT molecular complexity index is 292.